The Kier molecular flexibility index (Phi) is 5.81. The number of anilines is 1. The van der Waals surface area contributed by atoms with Gasteiger partial charge in [-0.3, -0.25) is 4.79 Å². The first-order valence-electron chi connectivity index (χ1n) is 9.44. The van der Waals surface area contributed by atoms with E-state index in [9.17, 15) is 9.18 Å². The Labute approximate surface area is 167 Å². The first-order valence-corrected chi connectivity index (χ1v) is 9.44. The maximum absolute atomic E-state index is 13.1. The van der Waals surface area contributed by atoms with Gasteiger partial charge in [0.1, 0.15) is 11.9 Å². The minimum atomic E-state index is -0.577. The highest BCUT2D eigenvalue weighted by Gasteiger charge is 2.25. The third kappa shape index (κ3) is 4.78. The summed E-state index contributed by atoms with van der Waals surface area (Å²) in [5, 5.41) is 11.3. The largest absolute Gasteiger partial charge is 0.405 e. The van der Waals surface area contributed by atoms with Gasteiger partial charge in [-0.15, -0.1) is 5.10 Å². The number of carbonyl (C=O) groups excluding carboxylic acids is 1. The maximum Gasteiger partial charge on any atom is 0.318 e. The normalized spacial score (nSPS) is 15.1. The first kappa shape index (κ1) is 19.1. The van der Waals surface area contributed by atoms with E-state index in [1.807, 2.05) is 35.2 Å². The fourth-order valence-electron chi connectivity index (χ4n) is 3.16. The Bertz CT molecular complexity index is 940. The van der Waals surface area contributed by atoms with Crippen LogP contribution >= 0.6 is 0 Å². The summed E-state index contributed by atoms with van der Waals surface area (Å²) in [6, 6.07) is 15.1. The molecule has 150 valence electrons. The van der Waals surface area contributed by atoms with E-state index in [4.69, 9.17) is 9.15 Å². The number of hydrogen-bond donors (Lipinski definition) is 1. The molecule has 3 aromatic rings. The van der Waals surface area contributed by atoms with Gasteiger partial charge in [-0.1, -0.05) is 47.6 Å². The minimum absolute atomic E-state index is 0.119. The summed E-state index contributed by atoms with van der Waals surface area (Å²) in [6.45, 7) is 2.56. The van der Waals surface area contributed by atoms with Gasteiger partial charge in [-0.2, -0.15) is 0 Å². The molecule has 1 N–H and O–H groups in total. The monoisotopic (exact) mass is 396 g/mol. The predicted octanol–water partition coefficient (Wildman–Crippen LogP) is 2.49. The molecule has 0 spiro atoms. The van der Waals surface area contributed by atoms with Crippen LogP contribution in [0.4, 0.5) is 10.4 Å². The third-order valence-electron chi connectivity index (χ3n) is 4.67. The van der Waals surface area contributed by atoms with Crippen LogP contribution in [0, 0.1) is 5.82 Å². The molecular weight excluding hydrogens is 375 g/mol. The smallest absolute Gasteiger partial charge is 0.318 e. The summed E-state index contributed by atoms with van der Waals surface area (Å²) in [4.78, 5) is 14.6. The first-order chi connectivity index (χ1) is 14.2. The number of nitrogens with one attached hydrogen (secondary N) is 1. The molecule has 0 radical (unpaired) electrons. The molecular formula is C21H21FN4O3. The van der Waals surface area contributed by atoms with Crippen molar-refractivity contribution >= 4 is 11.9 Å². The molecule has 1 aliphatic rings. The van der Waals surface area contributed by atoms with Crippen molar-refractivity contribution in [2.24, 2.45) is 0 Å². The molecule has 0 unspecified atom stereocenters. The number of nitrogens with zero attached hydrogens (tertiary/aromatic N) is 3. The van der Waals surface area contributed by atoms with Crippen molar-refractivity contribution in [3.05, 3.63) is 77.4 Å². The highest BCUT2D eigenvalue weighted by Crippen LogP contribution is 2.24. The van der Waals surface area contributed by atoms with Gasteiger partial charge in [-0.05, 0) is 23.3 Å². The second-order valence-corrected chi connectivity index (χ2v) is 6.74. The maximum atomic E-state index is 13.1. The number of halogens is 1. The number of amides is 1. The molecule has 1 atom stereocenters. The topological polar surface area (TPSA) is 80.5 Å². The lowest BCUT2D eigenvalue weighted by Gasteiger charge is -2.24. The average molecular weight is 396 g/mol. The molecule has 1 aromatic heterocycles. The van der Waals surface area contributed by atoms with Crippen LogP contribution < -0.4 is 10.2 Å². The lowest BCUT2D eigenvalue weighted by Crippen LogP contribution is -2.36. The fourth-order valence-corrected chi connectivity index (χ4v) is 3.16. The summed E-state index contributed by atoms with van der Waals surface area (Å²) in [7, 11) is 0. The number of ether oxygens (including phenoxy) is 1. The van der Waals surface area contributed by atoms with E-state index in [0.29, 0.717) is 38.2 Å². The molecule has 2 aromatic carbocycles. The Balaban J connectivity index is 1.53. The van der Waals surface area contributed by atoms with E-state index in [2.05, 4.69) is 15.5 Å². The van der Waals surface area contributed by atoms with Crippen LogP contribution in [0.15, 0.2) is 59.0 Å². The lowest BCUT2D eigenvalue weighted by atomic mass is 10.1. The number of benzene rings is 2. The number of carbonyl (C=O) groups is 1. The quantitative estimate of drug-likeness (QED) is 0.690. The molecule has 0 saturated carbocycles. The zero-order chi connectivity index (χ0) is 20.1. The molecule has 8 heteroatoms. The van der Waals surface area contributed by atoms with Gasteiger partial charge in [0.15, 0.2) is 0 Å². The number of hydrogen-bond acceptors (Lipinski definition) is 6. The van der Waals surface area contributed by atoms with Crippen LogP contribution in [-0.2, 0) is 16.0 Å². The number of aromatic nitrogens is 2. The highest BCUT2D eigenvalue weighted by atomic mass is 19.1. The van der Waals surface area contributed by atoms with Crippen molar-refractivity contribution in [1.82, 2.24) is 15.5 Å². The molecule has 29 heavy (non-hydrogen) atoms. The van der Waals surface area contributed by atoms with Crippen LogP contribution in [-0.4, -0.2) is 42.4 Å². The van der Waals surface area contributed by atoms with E-state index >= 15 is 0 Å². The summed E-state index contributed by atoms with van der Waals surface area (Å²) in [5.74, 6) is -0.250. The predicted molar refractivity (Wildman–Crippen MR) is 104 cm³/mol. The molecule has 1 saturated heterocycles. The van der Waals surface area contributed by atoms with Crippen molar-refractivity contribution < 1.29 is 18.3 Å². The van der Waals surface area contributed by atoms with Crippen molar-refractivity contribution in [2.45, 2.75) is 12.5 Å². The average Bonchev–Trinajstić information content (AvgIpc) is 3.25. The molecule has 1 aliphatic heterocycles. The van der Waals surface area contributed by atoms with E-state index in [1.165, 1.54) is 12.1 Å². The molecule has 4 rings (SSSR count). The third-order valence-corrected chi connectivity index (χ3v) is 4.67. The molecule has 7 nitrogen and oxygen atoms in total. The molecule has 0 aliphatic carbocycles. The van der Waals surface area contributed by atoms with Crippen molar-refractivity contribution in [1.29, 1.82) is 0 Å². The van der Waals surface area contributed by atoms with Crippen molar-refractivity contribution in [2.75, 3.05) is 31.2 Å². The Hall–Kier alpha value is -3.26. The van der Waals surface area contributed by atoms with Crippen LogP contribution in [0.25, 0.3) is 0 Å². The van der Waals surface area contributed by atoms with Gasteiger partial charge in [0.2, 0.25) is 11.8 Å². The SMILES string of the molecule is O=C(Cc1ccc(F)cc1)N[C@H](c1ccccc1)c1nnc(N2CCOCC2)o1. The van der Waals surface area contributed by atoms with Crippen molar-refractivity contribution in [3.8, 4) is 0 Å². The highest BCUT2D eigenvalue weighted by molar-refractivity contribution is 5.79. The summed E-state index contributed by atoms with van der Waals surface area (Å²) in [6.07, 6.45) is 0.119. The van der Waals surface area contributed by atoms with E-state index in [-0.39, 0.29) is 18.1 Å². The van der Waals surface area contributed by atoms with Crippen LogP contribution in [0.5, 0.6) is 0 Å². The van der Waals surface area contributed by atoms with E-state index in [1.54, 1.807) is 12.1 Å². The fraction of sp³-hybridized carbons (Fsp3) is 0.286. The summed E-state index contributed by atoms with van der Waals surface area (Å²) >= 11 is 0. The lowest BCUT2D eigenvalue weighted by molar-refractivity contribution is -0.121. The summed E-state index contributed by atoms with van der Waals surface area (Å²) in [5.41, 5.74) is 1.55. The zero-order valence-corrected chi connectivity index (χ0v) is 15.8. The van der Waals surface area contributed by atoms with Gasteiger partial charge >= 0.3 is 6.01 Å². The van der Waals surface area contributed by atoms with Crippen molar-refractivity contribution in [3.63, 3.8) is 0 Å². The summed E-state index contributed by atoms with van der Waals surface area (Å²) < 4.78 is 24.3. The second kappa shape index (κ2) is 8.83. The minimum Gasteiger partial charge on any atom is -0.405 e. The van der Waals surface area contributed by atoms with Gasteiger partial charge in [0.25, 0.3) is 0 Å². The molecule has 2 heterocycles. The van der Waals surface area contributed by atoms with Gasteiger partial charge in [-0.25, -0.2) is 4.39 Å². The van der Waals surface area contributed by atoms with Gasteiger partial charge in [0, 0.05) is 13.1 Å². The standard InChI is InChI=1S/C21H21FN4O3/c22-17-8-6-15(7-9-17)14-18(27)23-19(16-4-2-1-3-5-16)20-24-25-21(29-20)26-10-12-28-13-11-26/h1-9,19H,10-14H2,(H,23,27)/t19-/m1/s1. The Morgan fingerprint density at radius 1 is 1.07 bits per heavy atom. The Morgan fingerprint density at radius 2 is 1.79 bits per heavy atom. The van der Waals surface area contributed by atoms with Crippen LogP contribution in [0.1, 0.15) is 23.1 Å². The molecule has 1 fully saturated rings. The van der Waals surface area contributed by atoms with E-state index in [0.717, 1.165) is 11.1 Å². The zero-order valence-electron chi connectivity index (χ0n) is 15.8. The number of rotatable bonds is 6. The van der Waals surface area contributed by atoms with Crippen LogP contribution in [0.3, 0.4) is 0 Å². The van der Waals surface area contributed by atoms with Gasteiger partial charge < -0.3 is 19.4 Å². The second-order valence-electron chi connectivity index (χ2n) is 6.74. The van der Waals surface area contributed by atoms with Crippen LogP contribution in [0.2, 0.25) is 0 Å². The van der Waals surface area contributed by atoms with E-state index < -0.39 is 6.04 Å². The Morgan fingerprint density at radius 3 is 2.52 bits per heavy atom. The molecule has 0 bridgehead atoms. The van der Waals surface area contributed by atoms with Gasteiger partial charge in [0.05, 0.1) is 19.6 Å². The number of morpholine rings is 1. The molecule has 1 amide bonds.